The molecule has 0 saturated heterocycles. The standard InChI is InChI=1S/C9H9N9O2/c1-17-9(19)18(16-15-17)7-4-11-14-12-6(7)5-20-8-2-3-10-13-8/h2-4H,5H2,1H3,(H,10,13)/i/hT. The van der Waals surface area contributed by atoms with E-state index in [1.54, 1.807) is 0 Å². The molecule has 0 spiro atoms. The number of aromatic amines is 1. The molecule has 11 nitrogen and oxygen atoms in total. The summed E-state index contributed by atoms with van der Waals surface area (Å²) in [6, 6.07) is 1.52. The van der Waals surface area contributed by atoms with Crippen LogP contribution >= 0.6 is 0 Å². The Morgan fingerprint density at radius 1 is 1.50 bits per heavy atom. The Hall–Kier alpha value is -3.11. The number of nitrogens with one attached hydrogen (secondary N) is 1. The van der Waals surface area contributed by atoms with Gasteiger partial charge in [0, 0.05) is 19.3 Å². The molecule has 102 valence electrons. The summed E-state index contributed by atoms with van der Waals surface area (Å²) in [4.78, 5) is 11.8. The highest BCUT2D eigenvalue weighted by atomic mass is 16.5. The highest BCUT2D eigenvalue weighted by Crippen LogP contribution is 2.10. The van der Waals surface area contributed by atoms with Gasteiger partial charge in [-0.15, -0.1) is 15.3 Å². The van der Waals surface area contributed by atoms with E-state index in [1.165, 1.54) is 25.5 Å². The molecule has 0 unspecified atom stereocenters. The highest BCUT2D eigenvalue weighted by Gasteiger charge is 2.14. The van der Waals surface area contributed by atoms with Gasteiger partial charge in [-0.05, 0) is 15.6 Å². The predicted octanol–water partition coefficient (Wildman–Crippen LogP) is -1.55. The van der Waals surface area contributed by atoms with E-state index in [9.17, 15) is 4.79 Å². The Bertz CT molecular complexity index is 822. The average Bonchev–Trinajstić information content (AvgIpc) is 3.04. The van der Waals surface area contributed by atoms with Crippen molar-refractivity contribution in [2.45, 2.75) is 6.61 Å². The maximum atomic E-state index is 11.8. The molecule has 1 N–H and O–H groups in total. The SMILES string of the molecule is [3H]n1ccc(OCc2nnncc2-n2nnn(C)c2=O)n1. The number of hydrogen-bond acceptors (Lipinski definition) is 8. The molecule has 0 aliphatic carbocycles. The second kappa shape index (κ2) is 4.87. The molecular formula is C9H9N9O2. The number of rotatable bonds is 4. The van der Waals surface area contributed by atoms with Crippen LogP contribution in [0.5, 0.6) is 5.88 Å². The first-order valence-corrected chi connectivity index (χ1v) is 5.49. The third kappa shape index (κ3) is 2.11. The van der Waals surface area contributed by atoms with Crippen molar-refractivity contribution in [1.29, 1.82) is 0 Å². The zero-order chi connectivity index (χ0) is 14.8. The van der Waals surface area contributed by atoms with Crippen LogP contribution in [0.15, 0.2) is 23.3 Å². The molecule has 3 heterocycles. The lowest BCUT2D eigenvalue weighted by Crippen LogP contribution is -2.24. The van der Waals surface area contributed by atoms with Gasteiger partial charge in [-0.1, -0.05) is 0 Å². The lowest BCUT2D eigenvalue weighted by Gasteiger charge is -2.05. The molecule has 0 amide bonds. The number of hydrogen-bond donors (Lipinski definition) is 1. The summed E-state index contributed by atoms with van der Waals surface area (Å²) in [7, 11) is 1.48. The third-order valence-electron chi connectivity index (χ3n) is 2.44. The van der Waals surface area contributed by atoms with E-state index < -0.39 is 5.69 Å². The zero-order valence-electron chi connectivity index (χ0n) is 11.3. The molecule has 0 saturated carbocycles. The van der Waals surface area contributed by atoms with Crippen molar-refractivity contribution in [3.63, 3.8) is 0 Å². The first-order chi connectivity index (χ1) is 10.1. The van der Waals surface area contributed by atoms with Gasteiger partial charge in [0.05, 0.1) is 6.20 Å². The van der Waals surface area contributed by atoms with Crippen molar-refractivity contribution in [2.75, 3.05) is 0 Å². The molecule has 0 atom stereocenters. The molecule has 0 aliphatic heterocycles. The van der Waals surface area contributed by atoms with Crippen molar-refractivity contribution in [2.24, 2.45) is 7.05 Å². The Morgan fingerprint density at radius 2 is 2.40 bits per heavy atom. The minimum Gasteiger partial charge on any atom is -0.470 e. The van der Waals surface area contributed by atoms with Crippen LogP contribution in [0.4, 0.5) is 0 Å². The van der Waals surface area contributed by atoms with E-state index in [-0.39, 0.29) is 12.5 Å². The third-order valence-corrected chi connectivity index (χ3v) is 2.44. The number of tetrazole rings is 1. The minimum absolute atomic E-state index is 0.00905. The van der Waals surface area contributed by atoms with Gasteiger partial charge in [0.2, 0.25) is 5.88 Å². The molecule has 0 aromatic carbocycles. The van der Waals surface area contributed by atoms with Gasteiger partial charge in [-0.25, -0.2) is 4.79 Å². The molecule has 3 rings (SSSR count). The summed E-state index contributed by atoms with van der Waals surface area (Å²) in [5.74, 6) is 0.251. The summed E-state index contributed by atoms with van der Waals surface area (Å²) in [6.07, 6.45) is 2.76. The maximum Gasteiger partial charge on any atom is 0.368 e. The van der Waals surface area contributed by atoms with Gasteiger partial charge in [0.15, 0.2) is 1.41 Å². The monoisotopic (exact) mass is 277 g/mol. The van der Waals surface area contributed by atoms with Gasteiger partial charge < -0.3 is 4.74 Å². The van der Waals surface area contributed by atoms with Crippen LogP contribution in [-0.4, -0.2) is 45.4 Å². The fourth-order valence-electron chi connectivity index (χ4n) is 1.47. The van der Waals surface area contributed by atoms with Gasteiger partial charge >= 0.3 is 5.69 Å². The van der Waals surface area contributed by atoms with Crippen LogP contribution in [0.3, 0.4) is 0 Å². The molecular weight excluding hydrogens is 266 g/mol. The van der Waals surface area contributed by atoms with Crippen molar-refractivity contribution in [1.82, 2.24) is 45.4 Å². The molecule has 0 radical (unpaired) electrons. The van der Waals surface area contributed by atoms with Crippen molar-refractivity contribution in [3.8, 4) is 11.6 Å². The van der Waals surface area contributed by atoms with Crippen molar-refractivity contribution >= 4 is 0 Å². The summed E-state index contributed by atoms with van der Waals surface area (Å²) in [5.41, 5.74) is 0.210. The topological polar surface area (TPSA) is 129 Å². The summed E-state index contributed by atoms with van der Waals surface area (Å²) < 4.78 is 14.7. The van der Waals surface area contributed by atoms with Gasteiger partial charge in [0.25, 0.3) is 0 Å². The van der Waals surface area contributed by atoms with Gasteiger partial charge in [-0.3, -0.25) is 5.09 Å². The molecule has 11 heteroatoms. The lowest BCUT2D eigenvalue weighted by atomic mass is 10.4. The maximum absolute atomic E-state index is 11.8. The normalized spacial score (nSPS) is 11.3. The van der Waals surface area contributed by atoms with Crippen LogP contribution in [-0.2, 0) is 13.7 Å². The Balaban J connectivity index is 1.89. The number of aromatic nitrogens is 9. The van der Waals surface area contributed by atoms with Crippen LogP contribution < -0.4 is 10.4 Å². The number of aryl methyl sites for hydroxylation is 1. The minimum atomic E-state index is -0.443. The first-order valence-electron chi connectivity index (χ1n) is 5.94. The molecule has 3 aromatic heterocycles. The summed E-state index contributed by atoms with van der Waals surface area (Å²) in [5, 5.41) is 22.9. The van der Waals surface area contributed by atoms with E-state index in [0.29, 0.717) is 11.4 Å². The van der Waals surface area contributed by atoms with E-state index in [1.807, 2.05) is 0 Å². The van der Waals surface area contributed by atoms with Crippen LogP contribution in [0.25, 0.3) is 5.69 Å². The van der Waals surface area contributed by atoms with Crippen molar-refractivity contribution in [3.05, 3.63) is 34.6 Å². The molecule has 0 fully saturated rings. The number of ether oxygens (including phenoxy) is 1. The fourth-order valence-corrected chi connectivity index (χ4v) is 1.47. The van der Waals surface area contributed by atoms with Gasteiger partial charge in [-0.2, -0.15) is 9.36 Å². The second-order valence-electron chi connectivity index (χ2n) is 3.72. The summed E-state index contributed by atoms with van der Waals surface area (Å²) in [6.45, 7) is -0.00905. The van der Waals surface area contributed by atoms with Crippen molar-refractivity contribution < 1.29 is 6.15 Å². The largest absolute Gasteiger partial charge is 0.470 e. The molecule has 0 bridgehead atoms. The Labute approximate surface area is 112 Å². The highest BCUT2D eigenvalue weighted by molar-refractivity contribution is 5.30. The average molecular weight is 277 g/mol. The predicted molar refractivity (Wildman–Crippen MR) is 62.9 cm³/mol. The van der Waals surface area contributed by atoms with E-state index in [0.717, 1.165) is 14.5 Å². The van der Waals surface area contributed by atoms with E-state index in [2.05, 4.69) is 30.9 Å². The van der Waals surface area contributed by atoms with E-state index >= 15 is 0 Å². The van der Waals surface area contributed by atoms with Gasteiger partial charge in [0.1, 0.15) is 18.0 Å². The number of nitrogens with zero attached hydrogens (tertiary/aromatic N) is 8. The Morgan fingerprint density at radius 3 is 3.10 bits per heavy atom. The fraction of sp³-hybridized carbons (Fsp3) is 0.222. The number of H-pyrrole nitrogens is 1. The molecule has 3 aromatic rings. The van der Waals surface area contributed by atoms with Crippen LogP contribution in [0.2, 0.25) is 1.41 Å². The van der Waals surface area contributed by atoms with Crippen LogP contribution in [0, 0.1) is 0 Å². The second-order valence-corrected chi connectivity index (χ2v) is 3.72. The molecule has 0 aliphatic rings. The summed E-state index contributed by atoms with van der Waals surface area (Å²) >= 11 is 0. The zero-order valence-corrected chi connectivity index (χ0v) is 10.3. The smallest absolute Gasteiger partial charge is 0.368 e. The lowest BCUT2D eigenvalue weighted by molar-refractivity contribution is 0.286. The first kappa shape index (κ1) is 10.8. The molecule has 20 heavy (non-hydrogen) atoms. The van der Waals surface area contributed by atoms with Crippen LogP contribution in [0.1, 0.15) is 5.69 Å². The Kier molecular flexibility index (Phi) is 2.63. The quantitative estimate of drug-likeness (QED) is 0.607. The van der Waals surface area contributed by atoms with E-state index in [4.69, 9.17) is 6.15 Å².